The summed E-state index contributed by atoms with van der Waals surface area (Å²) in [4.78, 5) is 0.935. The number of halogens is 2. The van der Waals surface area contributed by atoms with E-state index in [9.17, 15) is 8.78 Å². The van der Waals surface area contributed by atoms with Crippen LogP contribution in [0.15, 0.2) is 11.4 Å². The Kier molecular flexibility index (Phi) is 9.73. The monoisotopic (exact) mass is 250 g/mol. The van der Waals surface area contributed by atoms with Gasteiger partial charge in [0.05, 0.1) is 0 Å². The number of hydrogen-bond donors (Lipinski definition) is 0. The van der Waals surface area contributed by atoms with E-state index >= 15 is 0 Å². The van der Waals surface area contributed by atoms with Crippen LogP contribution in [0.25, 0.3) is 0 Å². The van der Waals surface area contributed by atoms with E-state index in [4.69, 9.17) is 0 Å². The maximum absolute atomic E-state index is 13.3. The molecule has 1 aromatic heterocycles. The molecule has 1 heterocycles. The Morgan fingerprint density at radius 3 is 1.81 bits per heavy atom. The van der Waals surface area contributed by atoms with Crippen molar-refractivity contribution in [3.63, 3.8) is 0 Å². The highest BCUT2D eigenvalue weighted by atomic mass is 32.1. The van der Waals surface area contributed by atoms with Crippen molar-refractivity contribution in [2.45, 2.75) is 54.4 Å². The van der Waals surface area contributed by atoms with E-state index < -0.39 is 11.8 Å². The zero-order valence-corrected chi connectivity index (χ0v) is 12.2. The smallest absolute Gasteiger partial charge is 0.201 e. The Balaban J connectivity index is 0. The fraction of sp³-hybridized carbons (Fsp3) is 0.692. The minimum absolute atomic E-state index is 0.153. The van der Waals surface area contributed by atoms with Crippen LogP contribution in [0.2, 0.25) is 0 Å². The van der Waals surface area contributed by atoms with Crippen molar-refractivity contribution in [2.24, 2.45) is 5.92 Å². The lowest BCUT2D eigenvalue weighted by molar-refractivity contribution is -0.0510. The van der Waals surface area contributed by atoms with Gasteiger partial charge < -0.3 is 0 Å². The summed E-state index contributed by atoms with van der Waals surface area (Å²) in [6, 6.07) is 1.56. The first-order chi connectivity index (χ1) is 7.44. The van der Waals surface area contributed by atoms with Crippen LogP contribution in [-0.2, 0) is 5.92 Å². The third-order valence-corrected chi connectivity index (χ3v) is 2.70. The number of hydrogen-bond acceptors (Lipinski definition) is 1. The summed E-state index contributed by atoms with van der Waals surface area (Å²) in [5.41, 5.74) is 0.153. The Bertz CT molecular complexity index is 265. The molecule has 3 heteroatoms. The van der Waals surface area contributed by atoms with E-state index in [-0.39, 0.29) is 5.56 Å². The van der Waals surface area contributed by atoms with Gasteiger partial charge in [-0.3, -0.25) is 0 Å². The fourth-order valence-electron chi connectivity index (χ4n) is 0.952. The highest BCUT2D eigenvalue weighted by Crippen LogP contribution is 2.37. The molecule has 0 unspecified atom stereocenters. The summed E-state index contributed by atoms with van der Waals surface area (Å²) in [6.45, 7) is 12.9. The largest absolute Gasteiger partial charge is 0.276 e. The van der Waals surface area contributed by atoms with Crippen LogP contribution in [0.5, 0.6) is 0 Å². The van der Waals surface area contributed by atoms with Crippen molar-refractivity contribution in [2.75, 3.05) is 0 Å². The van der Waals surface area contributed by atoms with Gasteiger partial charge in [0.25, 0.3) is 5.92 Å². The number of rotatable bonds is 2. The Morgan fingerprint density at radius 1 is 1.12 bits per heavy atom. The lowest BCUT2D eigenvalue weighted by Crippen LogP contribution is -2.19. The predicted octanol–water partition coefficient (Wildman–Crippen LogP) is 5.86. The van der Waals surface area contributed by atoms with Gasteiger partial charge in [-0.05, 0) is 13.0 Å². The molecule has 0 saturated heterocycles. The summed E-state index contributed by atoms with van der Waals surface area (Å²) >= 11 is 1.37. The predicted molar refractivity (Wildman–Crippen MR) is 70.5 cm³/mol. The molecule has 0 aliphatic rings. The molecule has 0 amide bonds. The van der Waals surface area contributed by atoms with Gasteiger partial charge in [0.15, 0.2) is 0 Å². The molecule has 0 aliphatic heterocycles. The molecule has 0 bridgehead atoms. The summed E-state index contributed by atoms with van der Waals surface area (Å²) in [6.07, 6.45) is 0. The average Bonchev–Trinajstić information content (AvgIpc) is 2.71. The van der Waals surface area contributed by atoms with Crippen LogP contribution in [0, 0.1) is 12.8 Å². The standard InChI is InChI=1S/C9H12F2S.2C2H6/c1-6(2)9(10,11)8-4-7(3)12-5-8;2*1-2/h4-6H,1-3H3;2*1-2H3. The molecule has 0 fully saturated rings. The van der Waals surface area contributed by atoms with Crippen LogP contribution >= 0.6 is 11.3 Å². The highest BCUT2D eigenvalue weighted by Gasteiger charge is 2.35. The van der Waals surface area contributed by atoms with Crippen molar-refractivity contribution < 1.29 is 8.78 Å². The van der Waals surface area contributed by atoms with E-state index in [1.54, 1.807) is 6.07 Å². The highest BCUT2D eigenvalue weighted by molar-refractivity contribution is 7.10. The van der Waals surface area contributed by atoms with Gasteiger partial charge in [0.1, 0.15) is 0 Å². The lowest BCUT2D eigenvalue weighted by Gasteiger charge is -2.18. The van der Waals surface area contributed by atoms with Crippen LogP contribution < -0.4 is 0 Å². The zero-order chi connectivity index (χ0) is 13.4. The quantitative estimate of drug-likeness (QED) is 0.617. The van der Waals surface area contributed by atoms with Gasteiger partial charge in [-0.15, -0.1) is 11.3 Å². The SMILES string of the molecule is CC.CC.Cc1cc(C(F)(F)C(C)C)cs1. The molecule has 0 saturated carbocycles. The average molecular weight is 250 g/mol. The van der Waals surface area contributed by atoms with Gasteiger partial charge in [0, 0.05) is 21.7 Å². The summed E-state index contributed by atoms with van der Waals surface area (Å²) in [7, 11) is 0. The molecule has 0 spiro atoms. The van der Waals surface area contributed by atoms with Crippen LogP contribution in [0.4, 0.5) is 8.78 Å². The van der Waals surface area contributed by atoms with Crippen molar-refractivity contribution in [3.8, 4) is 0 Å². The second kappa shape index (κ2) is 8.68. The molecule has 96 valence electrons. The van der Waals surface area contributed by atoms with E-state index in [0.29, 0.717) is 0 Å². The molecular formula is C13H24F2S. The number of thiophene rings is 1. The van der Waals surface area contributed by atoms with Gasteiger partial charge in [-0.2, -0.15) is 0 Å². The first-order valence-corrected chi connectivity index (χ1v) is 6.76. The maximum Gasteiger partial charge on any atom is 0.276 e. The molecule has 16 heavy (non-hydrogen) atoms. The molecular weight excluding hydrogens is 226 g/mol. The van der Waals surface area contributed by atoms with Gasteiger partial charge in [-0.25, -0.2) is 8.78 Å². The van der Waals surface area contributed by atoms with Crippen LogP contribution in [0.3, 0.4) is 0 Å². The van der Waals surface area contributed by atoms with E-state index in [1.807, 2.05) is 34.6 Å². The van der Waals surface area contributed by atoms with E-state index in [0.717, 1.165) is 4.88 Å². The summed E-state index contributed by atoms with van der Waals surface area (Å²) in [5.74, 6) is -3.31. The normalized spacial score (nSPS) is 10.1. The van der Waals surface area contributed by atoms with E-state index in [1.165, 1.54) is 30.6 Å². The molecule has 0 radical (unpaired) electrons. The van der Waals surface area contributed by atoms with Gasteiger partial charge in [0.2, 0.25) is 0 Å². The van der Waals surface area contributed by atoms with Gasteiger partial charge in [-0.1, -0.05) is 41.5 Å². The first kappa shape index (κ1) is 17.9. The fourth-order valence-corrected chi connectivity index (χ4v) is 1.68. The van der Waals surface area contributed by atoms with Gasteiger partial charge >= 0.3 is 0 Å². The lowest BCUT2D eigenvalue weighted by atomic mass is 10.0. The van der Waals surface area contributed by atoms with E-state index in [2.05, 4.69) is 0 Å². The Hall–Kier alpha value is -0.440. The molecule has 0 N–H and O–H groups in total. The molecule has 1 rings (SSSR count). The Labute approximate surface area is 103 Å². The van der Waals surface area contributed by atoms with Crippen molar-refractivity contribution >= 4 is 11.3 Å². The topological polar surface area (TPSA) is 0 Å². The molecule has 0 atom stereocenters. The second-order valence-electron chi connectivity index (χ2n) is 3.22. The number of aryl methyl sites for hydroxylation is 1. The first-order valence-electron chi connectivity index (χ1n) is 5.88. The van der Waals surface area contributed by atoms with Crippen LogP contribution in [-0.4, -0.2) is 0 Å². The Morgan fingerprint density at radius 2 is 1.56 bits per heavy atom. The maximum atomic E-state index is 13.3. The second-order valence-corrected chi connectivity index (χ2v) is 4.34. The van der Waals surface area contributed by atoms with Crippen LogP contribution in [0.1, 0.15) is 52.0 Å². The minimum Gasteiger partial charge on any atom is -0.201 e. The van der Waals surface area contributed by atoms with Crippen molar-refractivity contribution in [1.29, 1.82) is 0 Å². The number of alkyl halides is 2. The molecule has 0 aromatic carbocycles. The minimum atomic E-state index is -2.68. The summed E-state index contributed by atoms with van der Waals surface area (Å²) in [5, 5.41) is 1.54. The molecule has 1 aromatic rings. The molecule has 0 nitrogen and oxygen atoms in total. The third kappa shape index (κ3) is 5.06. The zero-order valence-electron chi connectivity index (χ0n) is 11.4. The van der Waals surface area contributed by atoms with Crippen molar-refractivity contribution in [3.05, 3.63) is 21.9 Å². The third-order valence-electron chi connectivity index (χ3n) is 1.84. The molecule has 0 aliphatic carbocycles. The summed E-state index contributed by atoms with van der Waals surface area (Å²) < 4.78 is 26.6. The van der Waals surface area contributed by atoms with Crippen molar-refractivity contribution in [1.82, 2.24) is 0 Å².